The van der Waals surface area contributed by atoms with Gasteiger partial charge in [-0.2, -0.15) is 0 Å². The first-order valence-electron chi connectivity index (χ1n) is 4.36. The largest absolute Gasteiger partial charge is 0.466 e. The average Bonchev–Trinajstić information content (AvgIpc) is 2.70. The van der Waals surface area contributed by atoms with E-state index in [4.69, 9.17) is 4.74 Å². The molecule has 0 saturated heterocycles. The zero-order valence-corrected chi connectivity index (χ0v) is 8.58. The number of imidazole rings is 1. The molecule has 0 fully saturated rings. The Morgan fingerprint density at radius 2 is 2.57 bits per heavy atom. The quantitative estimate of drug-likeness (QED) is 0.721. The predicted molar refractivity (Wildman–Crippen MR) is 53.4 cm³/mol. The standard InChI is InChI=1S/C9H10N2O2S/c1-2-13-8(12)5-7-6-14-9-10-3-4-11(7)9/h3-4,6H,2,5H2,1H3. The van der Waals surface area contributed by atoms with E-state index < -0.39 is 0 Å². The van der Waals surface area contributed by atoms with E-state index in [1.54, 1.807) is 13.1 Å². The van der Waals surface area contributed by atoms with Crippen molar-refractivity contribution in [2.45, 2.75) is 13.3 Å². The van der Waals surface area contributed by atoms with Crippen molar-refractivity contribution in [3.63, 3.8) is 0 Å². The van der Waals surface area contributed by atoms with Crippen molar-refractivity contribution in [2.75, 3.05) is 6.61 Å². The highest BCUT2D eigenvalue weighted by Gasteiger charge is 2.09. The molecular formula is C9H10N2O2S. The van der Waals surface area contributed by atoms with E-state index >= 15 is 0 Å². The molecule has 2 rings (SSSR count). The van der Waals surface area contributed by atoms with E-state index in [0.717, 1.165) is 10.7 Å². The fourth-order valence-corrected chi connectivity index (χ4v) is 2.11. The van der Waals surface area contributed by atoms with Gasteiger partial charge in [0.25, 0.3) is 0 Å². The number of fused-ring (bicyclic) bond motifs is 1. The van der Waals surface area contributed by atoms with Crippen molar-refractivity contribution < 1.29 is 9.53 Å². The maximum atomic E-state index is 11.2. The van der Waals surface area contributed by atoms with Gasteiger partial charge in [0, 0.05) is 23.5 Å². The van der Waals surface area contributed by atoms with E-state index in [1.807, 2.05) is 16.0 Å². The van der Waals surface area contributed by atoms with Crippen LogP contribution in [0.3, 0.4) is 0 Å². The second-order valence-corrected chi connectivity index (χ2v) is 3.63. The first kappa shape index (κ1) is 9.21. The molecule has 0 spiro atoms. The number of carbonyl (C=O) groups is 1. The Balaban J connectivity index is 2.18. The van der Waals surface area contributed by atoms with Gasteiger partial charge in [-0.1, -0.05) is 0 Å². The fourth-order valence-electron chi connectivity index (χ4n) is 1.26. The fraction of sp³-hybridized carbons (Fsp3) is 0.333. The summed E-state index contributed by atoms with van der Waals surface area (Å²) in [6.45, 7) is 2.23. The minimum atomic E-state index is -0.194. The molecule has 0 N–H and O–H groups in total. The molecule has 0 unspecified atom stereocenters. The molecule has 0 atom stereocenters. The maximum Gasteiger partial charge on any atom is 0.311 e. The van der Waals surface area contributed by atoms with E-state index in [-0.39, 0.29) is 5.97 Å². The molecule has 2 heterocycles. The van der Waals surface area contributed by atoms with Gasteiger partial charge in [-0.15, -0.1) is 11.3 Å². The number of esters is 1. The summed E-state index contributed by atoms with van der Waals surface area (Å²) in [5, 5.41) is 1.93. The Morgan fingerprint density at radius 3 is 3.36 bits per heavy atom. The molecule has 2 aromatic rings. The van der Waals surface area contributed by atoms with Crippen LogP contribution in [0.2, 0.25) is 0 Å². The summed E-state index contributed by atoms with van der Waals surface area (Å²) < 4.78 is 6.78. The summed E-state index contributed by atoms with van der Waals surface area (Å²) in [5.74, 6) is -0.194. The molecule has 5 heteroatoms. The number of hydrogen-bond donors (Lipinski definition) is 0. The molecule has 0 aliphatic carbocycles. The third-order valence-electron chi connectivity index (χ3n) is 1.85. The average molecular weight is 210 g/mol. The van der Waals surface area contributed by atoms with Crippen molar-refractivity contribution in [1.82, 2.24) is 9.38 Å². The summed E-state index contributed by atoms with van der Waals surface area (Å²) >= 11 is 1.52. The van der Waals surface area contributed by atoms with Gasteiger partial charge >= 0.3 is 5.97 Å². The van der Waals surface area contributed by atoms with Crippen LogP contribution in [0.15, 0.2) is 17.8 Å². The third-order valence-corrected chi connectivity index (χ3v) is 2.75. The normalized spacial score (nSPS) is 10.6. The second kappa shape index (κ2) is 3.79. The van der Waals surface area contributed by atoms with Crippen LogP contribution in [0.1, 0.15) is 12.6 Å². The smallest absolute Gasteiger partial charge is 0.311 e. The zero-order valence-electron chi connectivity index (χ0n) is 7.77. The molecule has 0 amide bonds. The molecule has 4 nitrogen and oxygen atoms in total. The van der Waals surface area contributed by atoms with E-state index in [2.05, 4.69) is 4.98 Å². The van der Waals surface area contributed by atoms with Gasteiger partial charge in [-0.25, -0.2) is 4.98 Å². The van der Waals surface area contributed by atoms with Crippen molar-refractivity contribution in [3.8, 4) is 0 Å². The van der Waals surface area contributed by atoms with Gasteiger partial charge in [-0.3, -0.25) is 9.20 Å². The third kappa shape index (κ3) is 1.63. The van der Waals surface area contributed by atoms with Crippen LogP contribution in [-0.4, -0.2) is 22.0 Å². The van der Waals surface area contributed by atoms with Gasteiger partial charge in [0.15, 0.2) is 4.96 Å². The van der Waals surface area contributed by atoms with Crippen molar-refractivity contribution in [2.24, 2.45) is 0 Å². The highest BCUT2D eigenvalue weighted by Crippen LogP contribution is 2.14. The van der Waals surface area contributed by atoms with Gasteiger partial charge in [0.1, 0.15) is 0 Å². The van der Waals surface area contributed by atoms with Gasteiger partial charge in [-0.05, 0) is 6.92 Å². The maximum absolute atomic E-state index is 11.2. The van der Waals surface area contributed by atoms with Crippen LogP contribution in [0.5, 0.6) is 0 Å². The summed E-state index contributed by atoms with van der Waals surface area (Å²) in [4.78, 5) is 16.3. The van der Waals surface area contributed by atoms with E-state index in [9.17, 15) is 4.79 Å². The number of rotatable bonds is 3. The Bertz CT molecular complexity index is 446. The van der Waals surface area contributed by atoms with Crippen LogP contribution < -0.4 is 0 Å². The molecule has 2 aromatic heterocycles. The number of aromatic nitrogens is 2. The van der Waals surface area contributed by atoms with Gasteiger partial charge in [0.2, 0.25) is 0 Å². The number of thiazole rings is 1. The molecule has 14 heavy (non-hydrogen) atoms. The Morgan fingerprint density at radius 1 is 1.71 bits per heavy atom. The van der Waals surface area contributed by atoms with Crippen LogP contribution in [-0.2, 0) is 16.0 Å². The summed E-state index contributed by atoms with van der Waals surface area (Å²) in [5.41, 5.74) is 0.931. The van der Waals surface area contributed by atoms with Crippen LogP contribution in [0.4, 0.5) is 0 Å². The van der Waals surface area contributed by atoms with Crippen LogP contribution in [0.25, 0.3) is 4.96 Å². The summed E-state index contributed by atoms with van der Waals surface area (Å²) in [6.07, 6.45) is 3.88. The first-order valence-corrected chi connectivity index (χ1v) is 5.24. The number of carbonyl (C=O) groups excluding carboxylic acids is 1. The SMILES string of the molecule is CCOC(=O)Cc1csc2nccn12. The van der Waals surface area contributed by atoms with Crippen LogP contribution in [0, 0.1) is 0 Å². The molecule has 0 bridgehead atoms. The molecule has 0 radical (unpaired) electrons. The second-order valence-electron chi connectivity index (χ2n) is 2.79. The minimum Gasteiger partial charge on any atom is -0.466 e. The molecule has 0 aliphatic rings. The molecular weight excluding hydrogens is 200 g/mol. The van der Waals surface area contributed by atoms with Gasteiger partial charge < -0.3 is 4.74 Å². The van der Waals surface area contributed by atoms with Crippen LogP contribution >= 0.6 is 11.3 Å². The minimum absolute atomic E-state index is 0.194. The summed E-state index contributed by atoms with van der Waals surface area (Å²) in [7, 11) is 0. The number of ether oxygens (including phenoxy) is 1. The topological polar surface area (TPSA) is 43.6 Å². The predicted octanol–water partition coefficient (Wildman–Crippen LogP) is 1.50. The number of hydrogen-bond acceptors (Lipinski definition) is 4. The highest BCUT2D eigenvalue weighted by molar-refractivity contribution is 7.15. The lowest BCUT2D eigenvalue weighted by molar-refractivity contribution is -0.142. The lowest BCUT2D eigenvalue weighted by Gasteiger charge is -1.99. The zero-order chi connectivity index (χ0) is 9.97. The molecule has 0 aromatic carbocycles. The number of nitrogens with zero attached hydrogens (tertiary/aromatic N) is 2. The van der Waals surface area contributed by atoms with Crippen molar-refractivity contribution >= 4 is 22.3 Å². The van der Waals surface area contributed by atoms with Gasteiger partial charge in [0.05, 0.1) is 13.0 Å². The van der Waals surface area contributed by atoms with Crippen molar-refractivity contribution in [3.05, 3.63) is 23.5 Å². The summed E-state index contributed by atoms with van der Waals surface area (Å²) in [6, 6.07) is 0. The molecule has 74 valence electrons. The Kier molecular flexibility index (Phi) is 2.49. The monoisotopic (exact) mass is 210 g/mol. The van der Waals surface area contributed by atoms with Crippen molar-refractivity contribution in [1.29, 1.82) is 0 Å². The Labute approximate surface area is 85.1 Å². The molecule has 0 aliphatic heterocycles. The van der Waals surface area contributed by atoms with E-state index in [1.165, 1.54) is 11.3 Å². The lowest BCUT2D eigenvalue weighted by Crippen LogP contribution is -2.08. The lowest BCUT2D eigenvalue weighted by atomic mass is 10.3. The highest BCUT2D eigenvalue weighted by atomic mass is 32.1. The molecule has 0 saturated carbocycles. The van der Waals surface area contributed by atoms with E-state index in [0.29, 0.717) is 13.0 Å². The first-order chi connectivity index (χ1) is 6.81. The Hall–Kier alpha value is -1.36.